The molecule has 79 heavy (non-hydrogen) atoms. The summed E-state index contributed by atoms with van der Waals surface area (Å²) in [4.78, 5) is 26.6. The highest BCUT2D eigenvalue weighted by molar-refractivity contribution is 5.80. The predicted octanol–water partition coefficient (Wildman–Crippen LogP) is 15.7. The fraction of sp³-hybridized carbons (Fsp3) is 0.765. The summed E-state index contributed by atoms with van der Waals surface area (Å²) >= 11 is 0. The number of ether oxygens (including phenoxy) is 3. The number of rotatable bonds is 54. The topological polar surface area (TPSA) is 175 Å². The third-order valence-corrected chi connectivity index (χ3v) is 14.8. The second-order valence-corrected chi connectivity index (χ2v) is 22.1. The Labute approximate surface area is 483 Å². The highest BCUT2D eigenvalue weighted by Gasteiger charge is 2.47. The van der Waals surface area contributed by atoms with Gasteiger partial charge in [-0.2, -0.15) is 0 Å². The molecule has 0 aromatic rings. The van der Waals surface area contributed by atoms with Crippen LogP contribution in [0.15, 0.2) is 85.1 Å². The van der Waals surface area contributed by atoms with E-state index in [9.17, 15) is 35.1 Å². The van der Waals surface area contributed by atoms with Gasteiger partial charge in [-0.3, -0.25) is 9.59 Å². The van der Waals surface area contributed by atoms with Crippen LogP contribution in [0, 0.1) is 0 Å². The number of esters is 1. The van der Waals surface area contributed by atoms with Crippen molar-refractivity contribution in [2.75, 3.05) is 13.2 Å². The molecule has 11 nitrogen and oxygen atoms in total. The van der Waals surface area contributed by atoms with Crippen LogP contribution in [-0.4, -0.2) is 99.6 Å². The zero-order chi connectivity index (χ0) is 57.5. The molecule has 0 spiro atoms. The number of hydrogen-bond donors (Lipinski definition) is 6. The first-order chi connectivity index (χ1) is 38.7. The van der Waals surface area contributed by atoms with Crippen molar-refractivity contribution < 1.29 is 49.3 Å². The first kappa shape index (κ1) is 73.9. The summed E-state index contributed by atoms with van der Waals surface area (Å²) in [5.41, 5.74) is 0. The van der Waals surface area contributed by atoms with E-state index in [1.807, 2.05) is 6.08 Å². The monoisotopic (exact) mass is 1110 g/mol. The molecule has 0 bridgehead atoms. The number of allylic oxidation sites excluding steroid dienone is 13. The summed E-state index contributed by atoms with van der Waals surface area (Å²) < 4.78 is 17.6. The van der Waals surface area contributed by atoms with Crippen LogP contribution < -0.4 is 5.32 Å². The van der Waals surface area contributed by atoms with Gasteiger partial charge in [-0.15, -0.1) is 0 Å². The number of carbonyl (C=O) groups is 2. The Bertz CT molecular complexity index is 1610. The van der Waals surface area contributed by atoms with Crippen LogP contribution in [-0.2, 0) is 23.8 Å². The molecule has 0 aromatic heterocycles. The normalized spacial score (nSPS) is 19.4. The number of hydrogen-bond acceptors (Lipinski definition) is 10. The molecule has 0 saturated carbocycles. The van der Waals surface area contributed by atoms with Crippen molar-refractivity contribution >= 4 is 11.9 Å². The Kier molecular flexibility index (Phi) is 51.8. The predicted molar refractivity (Wildman–Crippen MR) is 329 cm³/mol. The molecule has 1 saturated heterocycles. The van der Waals surface area contributed by atoms with Crippen molar-refractivity contribution in [1.29, 1.82) is 0 Å². The zero-order valence-electron chi connectivity index (χ0n) is 50.5. The minimum absolute atomic E-state index is 0.110. The molecular weight excluding hydrogens is 991 g/mol. The molecule has 1 aliphatic rings. The molecule has 1 fully saturated rings. The second kappa shape index (κ2) is 55.4. The minimum Gasteiger partial charge on any atom is -0.454 e. The lowest BCUT2D eigenvalue weighted by Crippen LogP contribution is -2.61. The lowest BCUT2D eigenvalue weighted by Gasteiger charge is -2.41. The summed E-state index contributed by atoms with van der Waals surface area (Å²) in [5.74, 6) is -1.22. The van der Waals surface area contributed by atoms with Gasteiger partial charge in [-0.25, -0.2) is 0 Å². The molecule has 1 aliphatic heterocycles. The van der Waals surface area contributed by atoms with E-state index in [1.165, 1.54) is 109 Å². The van der Waals surface area contributed by atoms with E-state index in [0.29, 0.717) is 12.8 Å². The van der Waals surface area contributed by atoms with Gasteiger partial charge in [-0.05, 0) is 103 Å². The molecule has 1 heterocycles. The second-order valence-electron chi connectivity index (χ2n) is 22.1. The molecule has 456 valence electrons. The van der Waals surface area contributed by atoms with Crippen molar-refractivity contribution in [3.05, 3.63) is 85.1 Å². The molecule has 8 unspecified atom stereocenters. The third kappa shape index (κ3) is 43.2. The highest BCUT2D eigenvalue weighted by Crippen LogP contribution is 2.26. The molecule has 0 radical (unpaired) electrons. The largest absolute Gasteiger partial charge is 0.454 e. The van der Waals surface area contributed by atoms with Gasteiger partial charge in [0.1, 0.15) is 24.4 Å². The minimum atomic E-state index is -1.62. The van der Waals surface area contributed by atoms with E-state index in [-0.39, 0.29) is 19.4 Å². The number of carbonyl (C=O) groups excluding carboxylic acids is 2. The first-order valence-corrected chi connectivity index (χ1v) is 32.4. The summed E-state index contributed by atoms with van der Waals surface area (Å²) in [6.45, 7) is 5.72. The molecule has 8 atom stereocenters. The molecule has 11 heteroatoms. The molecule has 1 rings (SSSR count). The first-order valence-electron chi connectivity index (χ1n) is 32.4. The van der Waals surface area contributed by atoms with E-state index in [1.54, 1.807) is 6.08 Å². The Morgan fingerprint density at radius 1 is 0.494 bits per heavy atom. The number of nitrogens with one attached hydrogen (secondary N) is 1. The number of aliphatic hydroxyl groups is 5. The fourth-order valence-corrected chi connectivity index (χ4v) is 9.61. The standard InChI is InChI=1S/C68H119NO10/c1-4-7-10-13-16-19-22-24-26-28-29-30-31-32-34-35-37-40-43-46-49-52-55-61(72)67(76)69-59(60(71)54-51-48-45-42-39-21-18-15-12-9-6-3)58-77-68-66(65(75)64(74)62(57-70)78-68)79-63(73)56-53-50-47-44-41-38-36-33-27-25-23-20-17-14-11-8-5-2/h16-17,19-20,24-27,29-30,32,34,51,54,59-62,64-66,68,70-72,74-75H,4-15,18,21-23,28,31,33,35-50,52-53,55-58H2,1-3H3,(H,69,76)/b19-16-,20-17-,26-24-,27-25-,30-29-,34-32-,54-51+. The Balaban J connectivity index is 2.65. The quantitative estimate of drug-likeness (QED) is 0.0195. The SMILES string of the molecule is CCCCC/C=C\C/C=C\C/C=C\C/C=C\CCCCCCCCC(O)C(=O)NC(COC1OC(CO)C(O)C(O)C1OC(=O)CCCCCCCCC/C=C\C/C=C\CCCCC)C(O)/C=C/CCCCCCCCCCC. The Hall–Kier alpha value is -3.16. The maximum Gasteiger partial charge on any atom is 0.306 e. The molecule has 0 aliphatic carbocycles. The van der Waals surface area contributed by atoms with Crippen LogP contribution in [0.1, 0.15) is 271 Å². The average Bonchev–Trinajstić information content (AvgIpc) is 3.45. The van der Waals surface area contributed by atoms with Gasteiger partial charge in [-0.1, -0.05) is 247 Å². The number of unbranched alkanes of at least 4 members (excludes halogenated alkanes) is 28. The smallest absolute Gasteiger partial charge is 0.306 e. The molecule has 1 amide bonds. The van der Waals surface area contributed by atoms with Crippen molar-refractivity contribution in [2.45, 2.75) is 320 Å². The van der Waals surface area contributed by atoms with E-state index in [0.717, 1.165) is 116 Å². The lowest BCUT2D eigenvalue weighted by molar-refractivity contribution is -0.305. The van der Waals surface area contributed by atoms with Crippen LogP contribution in [0.25, 0.3) is 0 Å². The molecule has 0 aromatic carbocycles. The molecular formula is C68H119NO10. The van der Waals surface area contributed by atoms with E-state index < -0.39 is 67.4 Å². The number of amides is 1. The fourth-order valence-electron chi connectivity index (χ4n) is 9.61. The van der Waals surface area contributed by atoms with Crippen molar-refractivity contribution in [2.24, 2.45) is 0 Å². The summed E-state index contributed by atoms with van der Waals surface area (Å²) in [6, 6.07) is -1.04. The summed E-state index contributed by atoms with van der Waals surface area (Å²) in [5, 5.41) is 57.0. The van der Waals surface area contributed by atoms with Gasteiger partial charge >= 0.3 is 5.97 Å². The Morgan fingerprint density at radius 2 is 0.873 bits per heavy atom. The van der Waals surface area contributed by atoms with Crippen LogP contribution >= 0.6 is 0 Å². The van der Waals surface area contributed by atoms with Gasteiger partial charge in [0.25, 0.3) is 0 Å². The zero-order valence-corrected chi connectivity index (χ0v) is 50.5. The summed E-state index contributed by atoms with van der Waals surface area (Å²) in [7, 11) is 0. The van der Waals surface area contributed by atoms with Crippen LogP contribution in [0.4, 0.5) is 0 Å². The third-order valence-electron chi connectivity index (χ3n) is 14.8. The van der Waals surface area contributed by atoms with E-state index >= 15 is 0 Å². The number of aliphatic hydroxyl groups excluding tert-OH is 5. The van der Waals surface area contributed by atoms with Gasteiger partial charge < -0.3 is 45.1 Å². The van der Waals surface area contributed by atoms with Crippen molar-refractivity contribution in [1.82, 2.24) is 5.32 Å². The van der Waals surface area contributed by atoms with Gasteiger partial charge in [0.2, 0.25) is 5.91 Å². The van der Waals surface area contributed by atoms with Crippen LogP contribution in [0.3, 0.4) is 0 Å². The van der Waals surface area contributed by atoms with Crippen molar-refractivity contribution in [3.8, 4) is 0 Å². The van der Waals surface area contributed by atoms with Crippen molar-refractivity contribution in [3.63, 3.8) is 0 Å². The summed E-state index contributed by atoms with van der Waals surface area (Å²) in [6.07, 6.45) is 61.8. The van der Waals surface area contributed by atoms with E-state index in [2.05, 4.69) is 99.0 Å². The molecule has 6 N–H and O–H groups in total. The average molecular weight is 1110 g/mol. The van der Waals surface area contributed by atoms with Gasteiger partial charge in [0.05, 0.1) is 25.4 Å². The van der Waals surface area contributed by atoms with Crippen LogP contribution in [0.2, 0.25) is 0 Å². The van der Waals surface area contributed by atoms with Gasteiger partial charge in [0, 0.05) is 6.42 Å². The Morgan fingerprint density at radius 3 is 1.33 bits per heavy atom. The van der Waals surface area contributed by atoms with E-state index in [4.69, 9.17) is 14.2 Å². The highest BCUT2D eigenvalue weighted by atomic mass is 16.7. The maximum absolute atomic E-state index is 13.4. The lowest BCUT2D eigenvalue weighted by atomic mass is 9.99. The van der Waals surface area contributed by atoms with Gasteiger partial charge in [0.15, 0.2) is 12.4 Å². The maximum atomic E-state index is 13.4. The van der Waals surface area contributed by atoms with Crippen LogP contribution in [0.5, 0.6) is 0 Å².